The maximum absolute atomic E-state index is 12.6. The second-order valence-corrected chi connectivity index (χ2v) is 8.38. The van der Waals surface area contributed by atoms with Crippen LogP contribution in [0.1, 0.15) is 5.56 Å². The van der Waals surface area contributed by atoms with E-state index in [4.69, 9.17) is 4.98 Å². The number of thioether (sulfide) groups is 2. The van der Waals surface area contributed by atoms with E-state index in [1.165, 1.54) is 17.3 Å². The molecule has 0 saturated heterocycles. The van der Waals surface area contributed by atoms with Crippen molar-refractivity contribution in [1.82, 2.24) is 9.55 Å². The molecule has 3 aromatic carbocycles. The first-order chi connectivity index (χ1) is 14.2. The Morgan fingerprint density at radius 1 is 1.00 bits per heavy atom. The number of aromatic nitrogens is 2. The van der Waals surface area contributed by atoms with Gasteiger partial charge in [-0.1, -0.05) is 53.7 Å². The van der Waals surface area contributed by atoms with Crippen LogP contribution in [0, 0.1) is 6.92 Å². The van der Waals surface area contributed by atoms with Gasteiger partial charge in [0.25, 0.3) is 0 Å². The fourth-order valence-corrected chi connectivity index (χ4v) is 4.49. The fraction of sp³-hybridized carbons (Fsp3) is 0.130. The van der Waals surface area contributed by atoms with Gasteiger partial charge in [-0.25, -0.2) is 4.98 Å². The monoisotopic (exact) mass is 419 g/mol. The molecule has 0 unspecified atom stereocenters. The van der Waals surface area contributed by atoms with Crippen molar-refractivity contribution < 1.29 is 4.79 Å². The highest BCUT2D eigenvalue weighted by Gasteiger charge is 2.15. The van der Waals surface area contributed by atoms with Crippen molar-refractivity contribution in [2.75, 3.05) is 17.3 Å². The molecule has 6 heteroatoms. The van der Waals surface area contributed by atoms with Gasteiger partial charge < -0.3 is 5.32 Å². The summed E-state index contributed by atoms with van der Waals surface area (Å²) in [6.45, 7) is 2.07. The molecule has 1 amide bonds. The Labute approximate surface area is 178 Å². The van der Waals surface area contributed by atoms with Gasteiger partial charge in [-0.2, -0.15) is 0 Å². The minimum Gasteiger partial charge on any atom is -0.324 e. The third-order valence-electron chi connectivity index (χ3n) is 4.54. The van der Waals surface area contributed by atoms with Crippen molar-refractivity contribution in [2.24, 2.45) is 0 Å². The molecular weight excluding hydrogens is 398 g/mol. The molecule has 0 aliphatic heterocycles. The van der Waals surface area contributed by atoms with Gasteiger partial charge in [0.2, 0.25) is 5.91 Å². The summed E-state index contributed by atoms with van der Waals surface area (Å²) < 4.78 is 2.11. The number of imidazole rings is 1. The van der Waals surface area contributed by atoms with Crippen LogP contribution in [0.3, 0.4) is 0 Å². The number of benzene rings is 3. The molecular formula is C23H21N3OS2. The smallest absolute Gasteiger partial charge is 0.234 e. The van der Waals surface area contributed by atoms with E-state index >= 15 is 0 Å². The summed E-state index contributed by atoms with van der Waals surface area (Å²) in [6.07, 6.45) is 2.00. The van der Waals surface area contributed by atoms with Gasteiger partial charge in [0.15, 0.2) is 5.16 Å². The predicted molar refractivity (Wildman–Crippen MR) is 123 cm³/mol. The highest BCUT2D eigenvalue weighted by Crippen LogP contribution is 2.29. The lowest BCUT2D eigenvalue weighted by atomic mass is 10.2. The zero-order valence-electron chi connectivity index (χ0n) is 16.3. The molecule has 0 bridgehead atoms. The Balaban J connectivity index is 1.58. The van der Waals surface area contributed by atoms with Gasteiger partial charge in [0.1, 0.15) is 0 Å². The first-order valence-electron chi connectivity index (χ1n) is 9.26. The van der Waals surface area contributed by atoms with E-state index in [1.54, 1.807) is 11.8 Å². The Morgan fingerprint density at radius 2 is 1.72 bits per heavy atom. The van der Waals surface area contributed by atoms with Crippen LogP contribution in [-0.2, 0) is 4.79 Å². The number of carbonyl (C=O) groups is 1. The van der Waals surface area contributed by atoms with Crippen molar-refractivity contribution in [2.45, 2.75) is 17.0 Å². The summed E-state index contributed by atoms with van der Waals surface area (Å²) >= 11 is 3.06. The summed E-state index contributed by atoms with van der Waals surface area (Å²) in [4.78, 5) is 18.4. The molecule has 1 heterocycles. The number of hydrogen-bond donors (Lipinski definition) is 1. The van der Waals surface area contributed by atoms with Crippen LogP contribution < -0.4 is 5.32 Å². The van der Waals surface area contributed by atoms with Gasteiger partial charge in [0, 0.05) is 10.6 Å². The lowest BCUT2D eigenvalue weighted by Crippen LogP contribution is -2.15. The molecule has 0 aliphatic carbocycles. The van der Waals surface area contributed by atoms with Crippen LogP contribution >= 0.6 is 23.5 Å². The first-order valence-corrected chi connectivity index (χ1v) is 11.5. The standard InChI is InChI=1S/C23H21N3OS2/c1-16-11-13-17(14-12-16)26-20-9-5-3-7-18(20)25-23(26)29-15-22(27)24-19-8-4-6-10-21(19)28-2/h3-14H,15H2,1-2H3,(H,24,27). The molecule has 4 nitrogen and oxygen atoms in total. The van der Waals surface area contributed by atoms with Crippen molar-refractivity contribution in [3.8, 4) is 5.69 Å². The zero-order chi connectivity index (χ0) is 20.2. The maximum Gasteiger partial charge on any atom is 0.234 e. The number of nitrogens with one attached hydrogen (secondary N) is 1. The Morgan fingerprint density at radius 3 is 2.52 bits per heavy atom. The third kappa shape index (κ3) is 4.33. The number of nitrogens with zero attached hydrogens (tertiary/aromatic N) is 2. The number of rotatable bonds is 6. The number of hydrogen-bond acceptors (Lipinski definition) is 4. The molecule has 0 saturated carbocycles. The number of para-hydroxylation sites is 3. The molecule has 4 rings (SSSR count). The van der Waals surface area contributed by atoms with Crippen LogP contribution in [0.4, 0.5) is 5.69 Å². The van der Waals surface area contributed by atoms with E-state index in [-0.39, 0.29) is 11.7 Å². The van der Waals surface area contributed by atoms with Crippen molar-refractivity contribution in [3.63, 3.8) is 0 Å². The highest BCUT2D eigenvalue weighted by atomic mass is 32.2. The van der Waals surface area contributed by atoms with Crippen LogP contribution in [0.25, 0.3) is 16.7 Å². The number of anilines is 1. The van der Waals surface area contributed by atoms with E-state index in [1.807, 2.05) is 48.7 Å². The van der Waals surface area contributed by atoms with E-state index in [9.17, 15) is 4.79 Å². The maximum atomic E-state index is 12.6. The summed E-state index contributed by atoms with van der Waals surface area (Å²) in [5.74, 6) is 0.247. The summed E-state index contributed by atoms with van der Waals surface area (Å²) in [6, 6.07) is 24.2. The predicted octanol–water partition coefficient (Wildman–Crippen LogP) is 5.79. The van der Waals surface area contributed by atoms with Gasteiger partial charge in [-0.3, -0.25) is 9.36 Å². The average Bonchev–Trinajstić information content (AvgIpc) is 3.12. The minimum atomic E-state index is -0.0426. The van der Waals surface area contributed by atoms with Gasteiger partial charge in [-0.05, 0) is 49.6 Å². The number of carbonyl (C=O) groups excluding carboxylic acids is 1. The molecule has 0 atom stereocenters. The van der Waals surface area contributed by atoms with E-state index in [0.29, 0.717) is 0 Å². The molecule has 0 fully saturated rings. The SMILES string of the molecule is CSc1ccccc1NC(=O)CSc1nc2ccccc2n1-c1ccc(C)cc1. The van der Waals surface area contributed by atoms with Crippen molar-refractivity contribution in [3.05, 3.63) is 78.4 Å². The number of fused-ring (bicyclic) bond motifs is 1. The van der Waals surface area contributed by atoms with Crippen LogP contribution in [0.15, 0.2) is 82.8 Å². The average molecular weight is 420 g/mol. The lowest BCUT2D eigenvalue weighted by molar-refractivity contribution is -0.113. The highest BCUT2D eigenvalue weighted by molar-refractivity contribution is 7.99. The molecule has 29 heavy (non-hydrogen) atoms. The summed E-state index contributed by atoms with van der Waals surface area (Å²) in [5, 5.41) is 3.82. The Kier molecular flexibility index (Phi) is 5.92. The molecule has 1 aromatic heterocycles. The normalized spacial score (nSPS) is 11.0. The number of aryl methyl sites for hydroxylation is 1. The largest absolute Gasteiger partial charge is 0.324 e. The van der Waals surface area contributed by atoms with Crippen molar-refractivity contribution in [1.29, 1.82) is 0 Å². The third-order valence-corrected chi connectivity index (χ3v) is 6.27. The molecule has 146 valence electrons. The molecule has 1 N–H and O–H groups in total. The molecule has 4 aromatic rings. The minimum absolute atomic E-state index is 0.0426. The Bertz CT molecular complexity index is 1150. The zero-order valence-corrected chi connectivity index (χ0v) is 17.9. The summed E-state index contributed by atoms with van der Waals surface area (Å²) in [5.41, 5.74) is 5.05. The molecule has 0 spiro atoms. The molecule has 0 radical (unpaired) electrons. The van der Waals surface area contributed by atoms with Gasteiger partial charge >= 0.3 is 0 Å². The van der Waals surface area contributed by atoms with E-state index < -0.39 is 0 Å². The van der Waals surface area contributed by atoms with E-state index in [0.717, 1.165) is 32.5 Å². The first kappa shape index (κ1) is 19.6. The van der Waals surface area contributed by atoms with Crippen LogP contribution in [0.2, 0.25) is 0 Å². The Hall–Kier alpha value is -2.70. The summed E-state index contributed by atoms with van der Waals surface area (Å²) in [7, 11) is 0. The second-order valence-electron chi connectivity index (χ2n) is 6.59. The van der Waals surface area contributed by atoms with Crippen molar-refractivity contribution >= 4 is 46.2 Å². The second kappa shape index (κ2) is 8.76. The van der Waals surface area contributed by atoms with Gasteiger partial charge in [-0.15, -0.1) is 11.8 Å². The lowest BCUT2D eigenvalue weighted by Gasteiger charge is -2.11. The topological polar surface area (TPSA) is 46.9 Å². The van der Waals surface area contributed by atoms with Gasteiger partial charge in [0.05, 0.1) is 22.5 Å². The number of amides is 1. The van der Waals surface area contributed by atoms with E-state index in [2.05, 4.69) is 47.1 Å². The quantitative estimate of drug-likeness (QED) is 0.402. The van der Waals surface area contributed by atoms with Crippen LogP contribution in [0.5, 0.6) is 0 Å². The van der Waals surface area contributed by atoms with Crippen LogP contribution in [-0.4, -0.2) is 27.5 Å². The fourth-order valence-electron chi connectivity index (χ4n) is 3.11. The molecule has 0 aliphatic rings.